The average molecular weight is 263 g/mol. The van der Waals surface area contributed by atoms with Crippen LogP contribution in [-0.2, 0) is 6.54 Å². The molecule has 1 heterocycles. The lowest BCUT2D eigenvalue weighted by Gasteiger charge is -2.06. The van der Waals surface area contributed by atoms with Crippen molar-refractivity contribution in [1.82, 2.24) is 15.6 Å². The van der Waals surface area contributed by atoms with Crippen LogP contribution in [0, 0.1) is 0 Å². The minimum Gasteiger partial charge on any atom is -0.478 e. The summed E-state index contributed by atoms with van der Waals surface area (Å²) >= 11 is 0. The average Bonchev–Trinajstić information content (AvgIpc) is 2.41. The number of carbonyl (C=O) groups is 2. The summed E-state index contributed by atoms with van der Waals surface area (Å²) in [5.74, 6) is -1.01. The van der Waals surface area contributed by atoms with Crippen molar-refractivity contribution in [3.8, 4) is 0 Å². The number of hydrogen-bond donors (Lipinski definition) is 3. The Labute approximate surface area is 111 Å². The summed E-state index contributed by atoms with van der Waals surface area (Å²) in [4.78, 5) is 26.2. The Morgan fingerprint density at radius 3 is 2.89 bits per heavy atom. The number of aromatic nitrogens is 1. The van der Waals surface area contributed by atoms with E-state index in [0.29, 0.717) is 12.2 Å². The second-order valence-corrected chi connectivity index (χ2v) is 3.81. The van der Waals surface area contributed by atoms with Crippen LogP contribution >= 0.6 is 0 Å². The Morgan fingerprint density at radius 1 is 1.42 bits per heavy atom. The normalized spacial score (nSPS) is 10.4. The fourth-order valence-corrected chi connectivity index (χ4v) is 1.38. The Bertz CT molecular complexity index is 472. The lowest BCUT2D eigenvalue weighted by molar-refractivity contribution is 0.0696. The molecule has 0 unspecified atom stereocenters. The van der Waals surface area contributed by atoms with Crippen LogP contribution in [0.25, 0.3) is 0 Å². The standard InChI is InChI=1S/C13H17N3O3/c1-2-3-4-6-15-13(19)16-9-11-8-10(12(17)18)5-7-14-11/h2-3,5,7-8H,4,6,9H2,1H3,(H,17,18)(H2,15,16,19)/b3-2+. The van der Waals surface area contributed by atoms with E-state index in [9.17, 15) is 9.59 Å². The minimum atomic E-state index is -1.01. The molecule has 1 rings (SSSR count). The fraction of sp³-hybridized carbons (Fsp3) is 0.308. The van der Waals surface area contributed by atoms with Gasteiger partial charge in [0.15, 0.2) is 0 Å². The SMILES string of the molecule is C/C=C/CCNC(=O)NCc1cc(C(=O)O)ccn1. The minimum absolute atomic E-state index is 0.153. The van der Waals surface area contributed by atoms with Gasteiger partial charge in [-0.15, -0.1) is 0 Å². The third kappa shape index (κ3) is 5.67. The molecule has 19 heavy (non-hydrogen) atoms. The number of allylic oxidation sites excluding steroid dienone is 1. The van der Waals surface area contributed by atoms with Gasteiger partial charge in [0, 0.05) is 12.7 Å². The zero-order valence-corrected chi connectivity index (χ0v) is 10.7. The number of aromatic carboxylic acids is 1. The van der Waals surface area contributed by atoms with Crippen molar-refractivity contribution in [3.05, 3.63) is 41.7 Å². The molecule has 0 saturated heterocycles. The van der Waals surface area contributed by atoms with Crippen LogP contribution in [0.15, 0.2) is 30.5 Å². The molecule has 0 fully saturated rings. The first kappa shape index (κ1) is 14.7. The Hall–Kier alpha value is -2.37. The summed E-state index contributed by atoms with van der Waals surface area (Å²) < 4.78 is 0. The van der Waals surface area contributed by atoms with Crippen molar-refractivity contribution in [2.75, 3.05) is 6.54 Å². The van der Waals surface area contributed by atoms with E-state index in [4.69, 9.17) is 5.11 Å². The molecule has 0 radical (unpaired) electrons. The second kappa shape index (κ2) is 7.86. The van der Waals surface area contributed by atoms with E-state index in [1.807, 2.05) is 19.1 Å². The molecule has 2 amide bonds. The molecule has 102 valence electrons. The summed E-state index contributed by atoms with van der Waals surface area (Å²) in [6, 6.07) is 2.54. The molecule has 0 atom stereocenters. The molecule has 0 bridgehead atoms. The molecule has 3 N–H and O–H groups in total. The van der Waals surface area contributed by atoms with Crippen molar-refractivity contribution >= 4 is 12.0 Å². The first-order chi connectivity index (χ1) is 9.13. The first-order valence-electron chi connectivity index (χ1n) is 5.94. The van der Waals surface area contributed by atoms with Crippen molar-refractivity contribution in [3.63, 3.8) is 0 Å². The van der Waals surface area contributed by atoms with Crippen LogP contribution in [0.1, 0.15) is 29.4 Å². The van der Waals surface area contributed by atoms with Gasteiger partial charge in [-0.1, -0.05) is 12.2 Å². The second-order valence-electron chi connectivity index (χ2n) is 3.81. The van der Waals surface area contributed by atoms with E-state index < -0.39 is 5.97 Å². The molecule has 0 aliphatic carbocycles. The molecule has 1 aromatic rings. The van der Waals surface area contributed by atoms with E-state index in [-0.39, 0.29) is 18.1 Å². The van der Waals surface area contributed by atoms with Crippen molar-refractivity contribution in [2.24, 2.45) is 0 Å². The summed E-state index contributed by atoms with van der Waals surface area (Å²) in [6.07, 6.45) is 6.06. The Kier molecular flexibility index (Phi) is 6.08. The van der Waals surface area contributed by atoms with Gasteiger partial charge in [-0.2, -0.15) is 0 Å². The summed E-state index contributed by atoms with van der Waals surface area (Å²) in [6.45, 7) is 2.66. The number of rotatable bonds is 6. The quantitative estimate of drug-likeness (QED) is 0.536. The Morgan fingerprint density at radius 2 is 2.21 bits per heavy atom. The molecule has 0 aromatic carbocycles. The highest BCUT2D eigenvalue weighted by molar-refractivity contribution is 5.87. The maximum absolute atomic E-state index is 11.4. The number of nitrogens with zero attached hydrogens (tertiary/aromatic N) is 1. The number of amides is 2. The van der Waals surface area contributed by atoms with Gasteiger partial charge in [0.05, 0.1) is 17.8 Å². The van der Waals surface area contributed by atoms with Gasteiger partial charge in [-0.25, -0.2) is 9.59 Å². The number of nitrogens with one attached hydrogen (secondary N) is 2. The lowest BCUT2D eigenvalue weighted by atomic mass is 10.2. The molecule has 0 aliphatic heterocycles. The zero-order valence-electron chi connectivity index (χ0n) is 10.7. The van der Waals surface area contributed by atoms with Gasteiger partial charge in [0.2, 0.25) is 0 Å². The van der Waals surface area contributed by atoms with Gasteiger partial charge in [0.25, 0.3) is 0 Å². The number of carboxylic acids is 1. The van der Waals surface area contributed by atoms with Crippen LogP contribution in [0.4, 0.5) is 4.79 Å². The number of hydrogen-bond acceptors (Lipinski definition) is 3. The first-order valence-corrected chi connectivity index (χ1v) is 5.94. The molecule has 1 aromatic heterocycles. The van der Waals surface area contributed by atoms with Crippen LogP contribution in [0.2, 0.25) is 0 Å². The van der Waals surface area contributed by atoms with Gasteiger partial charge in [0.1, 0.15) is 0 Å². The maximum Gasteiger partial charge on any atom is 0.335 e. The molecule has 0 spiro atoms. The highest BCUT2D eigenvalue weighted by Gasteiger charge is 2.05. The predicted molar refractivity (Wildman–Crippen MR) is 70.9 cm³/mol. The third-order valence-electron chi connectivity index (χ3n) is 2.33. The van der Waals surface area contributed by atoms with Crippen molar-refractivity contribution < 1.29 is 14.7 Å². The van der Waals surface area contributed by atoms with Gasteiger partial charge in [-0.3, -0.25) is 4.98 Å². The molecular formula is C13H17N3O3. The number of carbonyl (C=O) groups excluding carboxylic acids is 1. The molecule has 6 heteroatoms. The molecule has 0 saturated carbocycles. The lowest BCUT2D eigenvalue weighted by Crippen LogP contribution is -2.35. The van der Waals surface area contributed by atoms with Gasteiger partial charge in [-0.05, 0) is 25.5 Å². The van der Waals surface area contributed by atoms with E-state index in [0.717, 1.165) is 6.42 Å². The van der Waals surface area contributed by atoms with Crippen LogP contribution in [0.5, 0.6) is 0 Å². The van der Waals surface area contributed by atoms with Crippen LogP contribution in [0.3, 0.4) is 0 Å². The smallest absolute Gasteiger partial charge is 0.335 e. The van der Waals surface area contributed by atoms with Crippen molar-refractivity contribution in [2.45, 2.75) is 19.9 Å². The summed E-state index contributed by atoms with van der Waals surface area (Å²) in [7, 11) is 0. The maximum atomic E-state index is 11.4. The topological polar surface area (TPSA) is 91.3 Å². The van der Waals surface area contributed by atoms with Crippen LogP contribution in [-0.4, -0.2) is 28.6 Å². The van der Waals surface area contributed by atoms with Crippen LogP contribution < -0.4 is 10.6 Å². The monoisotopic (exact) mass is 263 g/mol. The van der Waals surface area contributed by atoms with Gasteiger partial charge >= 0.3 is 12.0 Å². The van der Waals surface area contributed by atoms with E-state index >= 15 is 0 Å². The van der Waals surface area contributed by atoms with Gasteiger partial charge < -0.3 is 15.7 Å². The number of carboxylic acid groups (broad SMARTS) is 1. The molecule has 6 nitrogen and oxygen atoms in total. The van der Waals surface area contributed by atoms with Crippen molar-refractivity contribution in [1.29, 1.82) is 0 Å². The molecule has 0 aliphatic rings. The van der Waals surface area contributed by atoms with E-state index in [1.165, 1.54) is 18.3 Å². The third-order valence-corrected chi connectivity index (χ3v) is 2.33. The Balaban J connectivity index is 2.37. The largest absolute Gasteiger partial charge is 0.478 e. The zero-order chi connectivity index (χ0) is 14.1. The highest BCUT2D eigenvalue weighted by atomic mass is 16.4. The summed E-state index contributed by atoms with van der Waals surface area (Å²) in [5, 5.41) is 14.1. The van der Waals surface area contributed by atoms with E-state index in [2.05, 4.69) is 15.6 Å². The fourth-order valence-electron chi connectivity index (χ4n) is 1.38. The predicted octanol–water partition coefficient (Wildman–Crippen LogP) is 1.55. The number of pyridine rings is 1. The summed E-state index contributed by atoms with van der Waals surface area (Å²) in [5.41, 5.74) is 0.656. The number of urea groups is 1. The van der Waals surface area contributed by atoms with E-state index in [1.54, 1.807) is 0 Å². The highest BCUT2D eigenvalue weighted by Crippen LogP contribution is 2.01. The molecular weight excluding hydrogens is 246 g/mol.